The van der Waals surface area contributed by atoms with Crippen molar-refractivity contribution in [2.24, 2.45) is 5.41 Å². The lowest BCUT2D eigenvalue weighted by Crippen LogP contribution is -2.47. The van der Waals surface area contributed by atoms with E-state index in [4.69, 9.17) is 0 Å². The van der Waals surface area contributed by atoms with Crippen molar-refractivity contribution in [1.82, 2.24) is 0 Å². The maximum absolute atomic E-state index is 13.0. The van der Waals surface area contributed by atoms with Crippen LogP contribution in [0, 0.1) is 5.41 Å². The summed E-state index contributed by atoms with van der Waals surface area (Å²) in [5.41, 5.74) is -1.23. The molecule has 0 bridgehead atoms. The Balaban J connectivity index is 2.50. The lowest BCUT2D eigenvalue weighted by Gasteiger charge is -2.34. The van der Waals surface area contributed by atoms with Crippen molar-refractivity contribution in [2.75, 3.05) is 0 Å². The van der Waals surface area contributed by atoms with Crippen molar-refractivity contribution in [3.63, 3.8) is 0 Å². The summed E-state index contributed by atoms with van der Waals surface area (Å²) >= 11 is 0. The highest BCUT2D eigenvalue weighted by Gasteiger charge is 2.57. The molecule has 0 aliphatic heterocycles. The third-order valence-corrected chi connectivity index (χ3v) is 3.81. The van der Waals surface area contributed by atoms with Crippen molar-refractivity contribution in [2.45, 2.75) is 32.4 Å². The number of hydrogen-bond donors (Lipinski definition) is 0. The molecule has 0 N–H and O–H groups in total. The highest BCUT2D eigenvalue weighted by atomic mass is 19.4. The summed E-state index contributed by atoms with van der Waals surface area (Å²) in [7, 11) is 0. The van der Waals surface area contributed by atoms with Crippen molar-refractivity contribution >= 4 is 11.6 Å². The Labute approximate surface area is 120 Å². The molecule has 1 aliphatic carbocycles. The summed E-state index contributed by atoms with van der Waals surface area (Å²) in [5.74, 6) is -2.67. The molecule has 0 heterocycles. The smallest absolute Gasteiger partial charge is 0.293 e. The van der Waals surface area contributed by atoms with Gasteiger partial charge in [-0.15, -0.1) is 0 Å². The monoisotopic (exact) mass is 296 g/mol. The minimum Gasteiger partial charge on any atom is -0.293 e. The minimum atomic E-state index is -5.01. The Hall–Kier alpha value is -1.91. The van der Waals surface area contributed by atoms with Crippen molar-refractivity contribution in [3.8, 4) is 0 Å². The van der Waals surface area contributed by atoms with E-state index < -0.39 is 23.2 Å². The molecule has 1 aliphatic rings. The van der Waals surface area contributed by atoms with Crippen molar-refractivity contribution in [3.05, 3.63) is 47.5 Å². The predicted molar refractivity (Wildman–Crippen MR) is 71.9 cm³/mol. The van der Waals surface area contributed by atoms with E-state index in [1.54, 1.807) is 31.2 Å². The zero-order valence-electron chi connectivity index (χ0n) is 11.5. The van der Waals surface area contributed by atoms with Crippen LogP contribution in [0.1, 0.15) is 36.5 Å². The molecule has 1 atom stereocenters. The number of allylic oxidation sites excluding steroid dienone is 2. The van der Waals surface area contributed by atoms with Crippen molar-refractivity contribution in [1.29, 1.82) is 0 Å². The van der Waals surface area contributed by atoms with Gasteiger partial charge in [0.05, 0.1) is 0 Å². The molecule has 0 saturated carbocycles. The Morgan fingerprint density at radius 2 is 1.76 bits per heavy atom. The van der Waals surface area contributed by atoms with Crippen LogP contribution < -0.4 is 0 Å². The molecule has 0 spiro atoms. The normalized spacial score (nSPS) is 22.6. The topological polar surface area (TPSA) is 34.1 Å². The second-order valence-corrected chi connectivity index (χ2v) is 5.37. The first-order chi connectivity index (χ1) is 9.77. The van der Waals surface area contributed by atoms with Crippen LogP contribution in [0.3, 0.4) is 0 Å². The summed E-state index contributed by atoms with van der Waals surface area (Å²) < 4.78 is 38.9. The van der Waals surface area contributed by atoms with E-state index in [9.17, 15) is 22.8 Å². The van der Waals surface area contributed by atoms with Crippen LogP contribution in [-0.2, 0) is 4.79 Å². The molecular weight excluding hydrogens is 281 g/mol. The number of carbonyl (C=O) groups is 2. The van der Waals surface area contributed by atoms with Gasteiger partial charge < -0.3 is 0 Å². The fraction of sp³-hybridized carbons (Fsp3) is 0.375. The van der Waals surface area contributed by atoms with Crippen LogP contribution in [0.25, 0.3) is 0 Å². The van der Waals surface area contributed by atoms with Gasteiger partial charge in [0.25, 0.3) is 0 Å². The second kappa shape index (κ2) is 5.47. The molecular formula is C16H15F3O2. The first-order valence-corrected chi connectivity index (χ1v) is 6.64. The van der Waals surface area contributed by atoms with E-state index in [0.717, 1.165) is 0 Å². The summed E-state index contributed by atoms with van der Waals surface area (Å²) in [4.78, 5) is 24.5. The molecule has 0 aromatic heterocycles. The van der Waals surface area contributed by atoms with Crippen LogP contribution >= 0.6 is 0 Å². The van der Waals surface area contributed by atoms with E-state index in [2.05, 4.69) is 0 Å². The predicted octanol–water partition coefficient (Wildman–Crippen LogP) is 4.12. The van der Waals surface area contributed by atoms with Gasteiger partial charge in [0.15, 0.2) is 5.78 Å². The largest absolute Gasteiger partial charge is 0.451 e. The molecule has 5 heteroatoms. The Morgan fingerprint density at radius 3 is 2.29 bits per heavy atom. The number of hydrogen-bond acceptors (Lipinski definition) is 2. The zero-order chi connectivity index (χ0) is 15.7. The van der Waals surface area contributed by atoms with E-state index in [1.165, 1.54) is 12.1 Å². The second-order valence-electron chi connectivity index (χ2n) is 5.37. The van der Waals surface area contributed by atoms with Gasteiger partial charge in [-0.25, -0.2) is 0 Å². The van der Waals surface area contributed by atoms with Crippen LogP contribution in [0.15, 0.2) is 42.0 Å². The molecule has 0 amide bonds. The lowest BCUT2D eigenvalue weighted by atomic mass is 9.66. The molecule has 0 saturated heterocycles. The van der Waals surface area contributed by atoms with Crippen molar-refractivity contribution < 1.29 is 22.8 Å². The van der Waals surface area contributed by atoms with Gasteiger partial charge in [0.1, 0.15) is 5.41 Å². The Bertz CT molecular complexity index is 587. The molecule has 0 fully saturated rings. The van der Waals surface area contributed by atoms with Gasteiger partial charge in [0, 0.05) is 5.56 Å². The third-order valence-electron chi connectivity index (χ3n) is 3.81. The highest BCUT2D eigenvalue weighted by Crippen LogP contribution is 2.44. The molecule has 112 valence electrons. The Morgan fingerprint density at radius 1 is 1.14 bits per heavy atom. The lowest BCUT2D eigenvalue weighted by molar-refractivity contribution is -0.180. The number of ketones is 2. The highest BCUT2D eigenvalue weighted by molar-refractivity contribution is 6.16. The average Bonchev–Trinajstić information content (AvgIpc) is 2.45. The number of halogens is 3. The number of carbonyl (C=O) groups excluding carboxylic acids is 2. The van der Waals surface area contributed by atoms with Gasteiger partial charge in [-0.3, -0.25) is 9.59 Å². The Kier molecular flexibility index (Phi) is 4.03. The summed E-state index contributed by atoms with van der Waals surface area (Å²) in [6.45, 7) is 1.65. The van der Waals surface area contributed by atoms with E-state index in [-0.39, 0.29) is 18.4 Å². The standard InChI is InChI=1S/C16H15F3O2/c1-11-6-5-9-15(10-11,14(21)16(17,18)19)13(20)12-7-3-2-4-8-12/h2-4,6-8H,5,9-10H2,1H3. The van der Waals surface area contributed by atoms with Crippen LogP contribution in [0.2, 0.25) is 0 Å². The number of alkyl halides is 3. The van der Waals surface area contributed by atoms with Gasteiger partial charge >= 0.3 is 6.18 Å². The molecule has 1 unspecified atom stereocenters. The van der Waals surface area contributed by atoms with Gasteiger partial charge in [-0.1, -0.05) is 42.0 Å². The van der Waals surface area contributed by atoms with Gasteiger partial charge in [-0.05, 0) is 26.2 Å². The third kappa shape index (κ3) is 2.91. The summed E-state index contributed by atoms with van der Waals surface area (Å²) in [6.07, 6.45) is -3.20. The molecule has 2 nitrogen and oxygen atoms in total. The quantitative estimate of drug-likeness (QED) is 0.478. The number of benzene rings is 1. The van der Waals surface area contributed by atoms with Gasteiger partial charge in [-0.2, -0.15) is 13.2 Å². The fourth-order valence-electron chi connectivity index (χ4n) is 2.83. The van der Waals surface area contributed by atoms with Crippen LogP contribution in [0.4, 0.5) is 13.2 Å². The molecule has 21 heavy (non-hydrogen) atoms. The number of Topliss-reactive ketones (excluding diaryl/α,β-unsaturated/α-hetero) is 2. The molecule has 0 radical (unpaired) electrons. The molecule has 1 aromatic rings. The van der Waals surface area contributed by atoms with E-state index in [0.29, 0.717) is 12.0 Å². The SMILES string of the molecule is CC1=CCCC(C(=O)c2ccccc2)(C(=O)C(F)(F)F)C1. The maximum Gasteiger partial charge on any atom is 0.451 e. The zero-order valence-corrected chi connectivity index (χ0v) is 11.5. The van der Waals surface area contributed by atoms with Crippen LogP contribution in [0.5, 0.6) is 0 Å². The number of rotatable bonds is 3. The summed E-state index contributed by atoms with van der Waals surface area (Å²) in [5, 5.41) is 0. The minimum absolute atomic E-state index is 0.101. The van der Waals surface area contributed by atoms with E-state index in [1.807, 2.05) is 0 Å². The molecule has 2 rings (SSSR count). The van der Waals surface area contributed by atoms with Crippen LogP contribution in [-0.4, -0.2) is 17.7 Å². The molecule has 1 aromatic carbocycles. The fourth-order valence-corrected chi connectivity index (χ4v) is 2.83. The first-order valence-electron chi connectivity index (χ1n) is 6.64. The van der Waals surface area contributed by atoms with E-state index >= 15 is 0 Å². The first kappa shape index (κ1) is 15.5. The van der Waals surface area contributed by atoms with Gasteiger partial charge in [0.2, 0.25) is 5.78 Å². The maximum atomic E-state index is 13.0. The summed E-state index contributed by atoms with van der Waals surface area (Å²) in [6, 6.07) is 7.71. The average molecular weight is 296 g/mol.